The van der Waals surface area contributed by atoms with E-state index in [0.29, 0.717) is 15.4 Å². The number of hydrogen-bond acceptors (Lipinski definition) is 5. The number of hydrogen-bond donors (Lipinski definition) is 0. The fourth-order valence-corrected chi connectivity index (χ4v) is 4.58. The smallest absolute Gasteiger partial charge is 0.272 e. The molecule has 34 heavy (non-hydrogen) atoms. The quantitative estimate of drug-likeness (QED) is 0.265. The topological polar surface area (TPSA) is 91.8 Å². The SMILES string of the molecule is CC[C@]1(c2ccccc2)C(=O)N(C(=O)c2ccccc2)C(=O)N(C(=O)c2cccc(I)c2)C1=O. The Bertz CT molecular complexity index is 1310. The van der Waals surface area contributed by atoms with E-state index in [1.165, 1.54) is 24.3 Å². The van der Waals surface area contributed by atoms with Crippen LogP contribution in [0.2, 0.25) is 0 Å². The molecule has 1 fully saturated rings. The molecule has 1 saturated heterocycles. The molecule has 0 saturated carbocycles. The zero-order valence-corrected chi connectivity index (χ0v) is 20.3. The molecule has 1 aliphatic heterocycles. The van der Waals surface area contributed by atoms with Crippen LogP contribution < -0.4 is 0 Å². The summed E-state index contributed by atoms with van der Waals surface area (Å²) in [5.41, 5.74) is -1.45. The summed E-state index contributed by atoms with van der Waals surface area (Å²) >= 11 is 2.01. The lowest BCUT2D eigenvalue weighted by Crippen LogP contribution is -2.69. The van der Waals surface area contributed by atoms with E-state index in [-0.39, 0.29) is 17.5 Å². The van der Waals surface area contributed by atoms with Crippen molar-refractivity contribution in [2.24, 2.45) is 0 Å². The third-order valence-corrected chi connectivity index (χ3v) is 6.49. The first-order valence-electron chi connectivity index (χ1n) is 10.5. The van der Waals surface area contributed by atoms with Crippen molar-refractivity contribution in [3.8, 4) is 0 Å². The molecule has 0 aliphatic carbocycles. The third-order valence-electron chi connectivity index (χ3n) is 5.81. The van der Waals surface area contributed by atoms with Gasteiger partial charge in [0.25, 0.3) is 23.6 Å². The average molecular weight is 566 g/mol. The van der Waals surface area contributed by atoms with Crippen LogP contribution in [-0.2, 0) is 15.0 Å². The number of carbonyl (C=O) groups is 5. The fourth-order valence-electron chi connectivity index (χ4n) is 4.04. The van der Waals surface area contributed by atoms with E-state index in [1.807, 2.05) is 22.6 Å². The second-order valence-corrected chi connectivity index (χ2v) is 8.92. The van der Waals surface area contributed by atoms with Crippen LogP contribution >= 0.6 is 22.6 Å². The Morgan fingerprint density at radius 3 is 1.76 bits per heavy atom. The standard InChI is InChI=1S/C26H19IN2O5/c1-2-26(19-13-7-4-8-14-19)23(32)28(21(30)17-10-5-3-6-11-17)25(34)29(24(26)33)22(31)18-12-9-15-20(27)16-18/h3-16H,2H2,1H3/t26-/m0/s1. The Kier molecular flexibility index (Phi) is 6.43. The summed E-state index contributed by atoms with van der Waals surface area (Å²) in [6.45, 7) is 1.61. The van der Waals surface area contributed by atoms with Gasteiger partial charge in [0.2, 0.25) is 0 Å². The van der Waals surface area contributed by atoms with Crippen molar-refractivity contribution in [3.63, 3.8) is 0 Å². The van der Waals surface area contributed by atoms with Gasteiger partial charge in [-0.25, -0.2) is 4.79 Å². The van der Waals surface area contributed by atoms with Crippen LogP contribution in [0.1, 0.15) is 39.6 Å². The van der Waals surface area contributed by atoms with E-state index in [0.717, 1.165) is 3.57 Å². The molecule has 3 aromatic carbocycles. The summed E-state index contributed by atoms with van der Waals surface area (Å²) in [5, 5.41) is 0. The van der Waals surface area contributed by atoms with Gasteiger partial charge in [0.15, 0.2) is 5.41 Å². The van der Waals surface area contributed by atoms with Crippen molar-refractivity contribution in [2.45, 2.75) is 18.8 Å². The minimum Gasteiger partial charge on any atom is -0.272 e. The Hall–Kier alpha value is -3.66. The number of urea groups is 1. The predicted molar refractivity (Wildman–Crippen MR) is 132 cm³/mol. The highest BCUT2D eigenvalue weighted by Gasteiger charge is 2.60. The minimum atomic E-state index is -1.92. The van der Waals surface area contributed by atoms with Crippen LogP contribution in [0.15, 0.2) is 84.9 Å². The highest BCUT2D eigenvalue weighted by Crippen LogP contribution is 2.38. The van der Waals surface area contributed by atoms with Gasteiger partial charge >= 0.3 is 6.03 Å². The monoisotopic (exact) mass is 566 g/mol. The largest absolute Gasteiger partial charge is 0.347 e. The summed E-state index contributed by atoms with van der Waals surface area (Å²) in [4.78, 5) is 68.7. The van der Waals surface area contributed by atoms with Crippen LogP contribution in [0, 0.1) is 3.57 Å². The molecule has 0 N–H and O–H groups in total. The van der Waals surface area contributed by atoms with Gasteiger partial charge in [0, 0.05) is 14.7 Å². The highest BCUT2D eigenvalue weighted by molar-refractivity contribution is 14.1. The molecule has 6 amide bonds. The minimum absolute atomic E-state index is 0.0589. The fraction of sp³-hybridized carbons (Fsp3) is 0.115. The Labute approximate surface area is 209 Å². The van der Waals surface area contributed by atoms with Crippen molar-refractivity contribution < 1.29 is 24.0 Å². The molecule has 170 valence electrons. The number of benzene rings is 3. The van der Waals surface area contributed by atoms with Gasteiger partial charge in [0.05, 0.1) is 0 Å². The lowest BCUT2D eigenvalue weighted by molar-refractivity contribution is -0.148. The summed E-state index contributed by atoms with van der Waals surface area (Å²) in [7, 11) is 0. The summed E-state index contributed by atoms with van der Waals surface area (Å²) in [6.07, 6.45) is -0.0589. The van der Waals surface area contributed by atoms with Gasteiger partial charge in [-0.05, 0) is 64.9 Å². The van der Waals surface area contributed by atoms with Crippen molar-refractivity contribution in [1.29, 1.82) is 0 Å². The number of imide groups is 6. The second-order valence-electron chi connectivity index (χ2n) is 7.68. The number of rotatable bonds is 4. The molecule has 0 aromatic heterocycles. The van der Waals surface area contributed by atoms with Crippen molar-refractivity contribution in [3.05, 3.63) is 105 Å². The molecule has 1 atom stereocenters. The number of barbiturate groups is 1. The first-order chi connectivity index (χ1) is 16.3. The number of nitrogens with zero attached hydrogens (tertiary/aromatic N) is 2. The molecule has 0 radical (unpaired) electrons. The van der Waals surface area contributed by atoms with E-state index < -0.39 is 35.1 Å². The maximum absolute atomic E-state index is 13.8. The zero-order valence-electron chi connectivity index (χ0n) is 18.1. The van der Waals surface area contributed by atoms with Crippen LogP contribution in [-0.4, -0.2) is 39.5 Å². The molecular formula is C26H19IN2O5. The number of amides is 6. The van der Waals surface area contributed by atoms with Gasteiger partial charge in [-0.15, -0.1) is 0 Å². The van der Waals surface area contributed by atoms with E-state index in [9.17, 15) is 24.0 Å². The van der Waals surface area contributed by atoms with E-state index in [4.69, 9.17) is 0 Å². The number of halogens is 1. The molecule has 0 unspecified atom stereocenters. The van der Waals surface area contributed by atoms with Crippen molar-refractivity contribution in [2.75, 3.05) is 0 Å². The average Bonchev–Trinajstić information content (AvgIpc) is 2.85. The van der Waals surface area contributed by atoms with E-state index >= 15 is 0 Å². The highest BCUT2D eigenvalue weighted by atomic mass is 127. The lowest BCUT2D eigenvalue weighted by Gasteiger charge is -2.42. The van der Waals surface area contributed by atoms with Crippen LogP contribution in [0.4, 0.5) is 4.79 Å². The molecular weight excluding hydrogens is 547 g/mol. The van der Waals surface area contributed by atoms with Gasteiger partial charge < -0.3 is 0 Å². The van der Waals surface area contributed by atoms with Gasteiger partial charge in [0.1, 0.15) is 0 Å². The third kappa shape index (κ3) is 3.73. The maximum atomic E-state index is 13.8. The molecule has 8 heteroatoms. The first-order valence-corrected chi connectivity index (χ1v) is 11.6. The molecule has 3 aromatic rings. The van der Waals surface area contributed by atoms with Crippen LogP contribution in [0.25, 0.3) is 0 Å². The van der Waals surface area contributed by atoms with Gasteiger partial charge in [-0.2, -0.15) is 9.80 Å². The molecule has 0 bridgehead atoms. The summed E-state index contributed by atoms with van der Waals surface area (Å²) in [5.74, 6) is -3.76. The molecule has 0 spiro atoms. The first kappa shape index (κ1) is 23.5. The maximum Gasteiger partial charge on any atom is 0.347 e. The van der Waals surface area contributed by atoms with Crippen molar-refractivity contribution in [1.82, 2.24) is 9.80 Å². The summed E-state index contributed by atoms with van der Waals surface area (Å²) < 4.78 is 0.721. The number of carbonyl (C=O) groups excluding carboxylic acids is 5. The van der Waals surface area contributed by atoms with E-state index in [1.54, 1.807) is 67.6 Å². The Balaban J connectivity index is 1.92. The zero-order chi connectivity index (χ0) is 24.5. The van der Waals surface area contributed by atoms with Crippen LogP contribution in [0.3, 0.4) is 0 Å². The second kappa shape index (κ2) is 9.30. The van der Waals surface area contributed by atoms with Gasteiger partial charge in [-0.1, -0.05) is 61.5 Å². The van der Waals surface area contributed by atoms with E-state index in [2.05, 4.69) is 0 Å². The molecule has 7 nitrogen and oxygen atoms in total. The van der Waals surface area contributed by atoms with Crippen molar-refractivity contribution >= 4 is 52.3 Å². The summed E-state index contributed by atoms with van der Waals surface area (Å²) in [6, 6.07) is 21.1. The molecule has 1 heterocycles. The van der Waals surface area contributed by atoms with Crippen LogP contribution in [0.5, 0.6) is 0 Å². The normalized spacial score (nSPS) is 18.2. The Morgan fingerprint density at radius 2 is 1.24 bits per heavy atom. The molecule has 4 rings (SSSR count). The lowest BCUT2D eigenvalue weighted by atomic mass is 9.74. The van der Waals surface area contributed by atoms with Gasteiger partial charge in [-0.3, -0.25) is 19.2 Å². The Morgan fingerprint density at radius 1 is 0.735 bits per heavy atom. The molecule has 1 aliphatic rings. The predicted octanol–water partition coefficient (Wildman–Crippen LogP) is 4.41.